The van der Waals surface area contributed by atoms with E-state index in [1.807, 2.05) is 5.32 Å². The van der Waals surface area contributed by atoms with Crippen LogP contribution in [0.2, 0.25) is 0 Å². The molecule has 1 saturated heterocycles. The third-order valence-corrected chi connectivity index (χ3v) is 3.53. The van der Waals surface area contributed by atoms with Crippen molar-refractivity contribution in [2.75, 3.05) is 18.6 Å². The first-order valence-electron chi connectivity index (χ1n) is 7.42. The number of nitrogens with zero attached hydrogens (tertiary/aromatic N) is 1. The molecule has 1 aromatic rings. The molecule has 0 aliphatic carbocycles. The van der Waals surface area contributed by atoms with Gasteiger partial charge >= 0.3 is 12.1 Å². The van der Waals surface area contributed by atoms with E-state index in [0.29, 0.717) is 18.7 Å². The van der Waals surface area contributed by atoms with Gasteiger partial charge in [-0.3, -0.25) is 14.9 Å². The van der Waals surface area contributed by atoms with Crippen molar-refractivity contribution in [1.29, 1.82) is 0 Å². The lowest BCUT2D eigenvalue weighted by atomic mass is 10.2. The second-order valence-corrected chi connectivity index (χ2v) is 5.23. The molecule has 1 N–H and O–H groups in total. The quantitative estimate of drug-likeness (QED) is 0.831. The van der Waals surface area contributed by atoms with E-state index in [-0.39, 0.29) is 11.5 Å². The number of anilines is 1. The number of benzene rings is 1. The zero-order valence-corrected chi connectivity index (χ0v) is 13.4. The molecule has 0 radical (unpaired) electrons. The molecule has 3 amide bonds. The predicted molar refractivity (Wildman–Crippen MR) is 83.5 cm³/mol. The summed E-state index contributed by atoms with van der Waals surface area (Å²) in [6.07, 6.45) is -0.844. The number of rotatable bonds is 4. The Balaban J connectivity index is 2.03. The third kappa shape index (κ3) is 4.09. The number of ether oxygens (including phenoxy) is 2. The first kappa shape index (κ1) is 17.5. The van der Waals surface area contributed by atoms with Gasteiger partial charge in [0.1, 0.15) is 0 Å². The molecule has 1 aliphatic heterocycles. The van der Waals surface area contributed by atoms with E-state index in [4.69, 9.17) is 4.74 Å². The van der Waals surface area contributed by atoms with Crippen LogP contribution in [-0.2, 0) is 19.1 Å². The van der Waals surface area contributed by atoms with Gasteiger partial charge in [-0.05, 0) is 31.5 Å². The highest BCUT2D eigenvalue weighted by Crippen LogP contribution is 2.22. The fourth-order valence-electron chi connectivity index (χ4n) is 2.26. The number of amides is 3. The van der Waals surface area contributed by atoms with Gasteiger partial charge in [-0.15, -0.1) is 0 Å². The Morgan fingerprint density at radius 3 is 2.67 bits per heavy atom. The largest absolute Gasteiger partial charge is 0.453 e. The zero-order chi connectivity index (χ0) is 17.7. The summed E-state index contributed by atoms with van der Waals surface area (Å²) in [6, 6.07) is 6.43. The molecule has 24 heavy (non-hydrogen) atoms. The van der Waals surface area contributed by atoms with Gasteiger partial charge in [0.15, 0.2) is 6.10 Å². The number of hydrogen-bond acceptors (Lipinski definition) is 6. The van der Waals surface area contributed by atoms with Crippen LogP contribution in [0.15, 0.2) is 24.3 Å². The van der Waals surface area contributed by atoms with Gasteiger partial charge in [-0.25, -0.2) is 9.59 Å². The smallest absolute Gasteiger partial charge is 0.413 e. The van der Waals surface area contributed by atoms with Gasteiger partial charge in [-0.1, -0.05) is 6.07 Å². The highest BCUT2D eigenvalue weighted by atomic mass is 16.6. The second kappa shape index (κ2) is 7.58. The molecule has 0 spiro atoms. The lowest BCUT2D eigenvalue weighted by Gasteiger charge is -2.17. The van der Waals surface area contributed by atoms with Crippen LogP contribution in [0.25, 0.3) is 0 Å². The standard InChI is InChI=1S/C16H18N2O6/c1-10(14(20)17-16(22)23-2)24-15(21)11-5-3-6-12(9-11)18-8-4-7-13(18)19/h3,5-6,9-10H,4,7-8H2,1-2H3,(H,17,20,22)/t10-/m0/s1. The van der Waals surface area contributed by atoms with Crippen molar-refractivity contribution in [3.63, 3.8) is 0 Å². The van der Waals surface area contributed by atoms with Gasteiger partial charge in [-0.2, -0.15) is 0 Å². The van der Waals surface area contributed by atoms with Gasteiger partial charge in [0.25, 0.3) is 5.91 Å². The Hall–Kier alpha value is -2.90. The maximum Gasteiger partial charge on any atom is 0.413 e. The molecule has 2 rings (SSSR count). The molecular weight excluding hydrogens is 316 g/mol. The first-order chi connectivity index (χ1) is 11.4. The van der Waals surface area contributed by atoms with Crippen LogP contribution < -0.4 is 10.2 Å². The van der Waals surface area contributed by atoms with Crippen LogP contribution in [0.5, 0.6) is 0 Å². The molecule has 1 aromatic carbocycles. The number of hydrogen-bond donors (Lipinski definition) is 1. The van der Waals surface area contributed by atoms with E-state index in [1.54, 1.807) is 17.0 Å². The molecule has 8 heteroatoms. The average molecular weight is 334 g/mol. The zero-order valence-electron chi connectivity index (χ0n) is 13.4. The lowest BCUT2D eigenvalue weighted by Crippen LogP contribution is -2.39. The number of methoxy groups -OCH3 is 1. The van der Waals surface area contributed by atoms with E-state index in [1.165, 1.54) is 19.1 Å². The molecule has 1 fully saturated rings. The van der Waals surface area contributed by atoms with Crippen LogP contribution in [0, 0.1) is 0 Å². The van der Waals surface area contributed by atoms with E-state index in [9.17, 15) is 19.2 Å². The molecule has 0 bridgehead atoms. The minimum absolute atomic E-state index is 0.00587. The van der Waals surface area contributed by atoms with Crippen LogP contribution in [0.1, 0.15) is 30.1 Å². The average Bonchev–Trinajstić information content (AvgIpc) is 3.00. The normalized spacial score (nSPS) is 14.9. The summed E-state index contributed by atoms with van der Waals surface area (Å²) in [7, 11) is 1.12. The van der Waals surface area contributed by atoms with Crippen molar-refractivity contribution >= 4 is 29.6 Å². The molecule has 8 nitrogen and oxygen atoms in total. The van der Waals surface area contributed by atoms with Crippen LogP contribution in [-0.4, -0.2) is 43.6 Å². The molecular formula is C16H18N2O6. The highest BCUT2D eigenvalue weighted by Gasteiger charge is 2.24. The Morgan fingerprint density at radius 2 is 2.04 bits per heavy atom. The third-order valence-electron chi connectivity index (χ3n) is 3.53. The molecule has 1 heterocycles. The number of carbonyl (C=O) groups is 4. The second-order valence-electron chi connectivity index (χ2n) is 5.23. The fourth-order valence-corrected chi connectivity index (χ4v) is 2.26. The molecule has 0 aromatic heterocycles. The van der Waals surface area contributed by atoms with E-state index >= 15 is 0 Å². The molecule has 1 aliphatic rings. The minimum Gasteiger partial charge on any atom is -0.453 e. The Kier molecular flexibility index (Phi) is 5.51. The summed E-state index contributed by atoms with van der Waals surface area (Å²) in [4.78, 5) is 48.1. The number of imide groups is 1. The van der Waals surface area contributed by atoms with Gasteiger partial charge in [0.2, 0.25) is 5.91 Å². The monoisotopic (exact) mass is 334 g/mol. The van der Waals surface area contributed by atoms with Crippen molar-refractivity contribution < 1.29 is 28.7 Å². The summed E-state index contributed by atoms with van der Waals surface area (Å²) in [5, 5.41) is 1.92. The maximum absolute atomic E-state index is 12.1. The summed E-state index contributed by atoms with van der Waals surface area (Å²) in [6.45, 7) is 1.94. The molecule has 128 valence electrons. The minimum atomic E-state index is -1.17. The molecule has 0 unspecified atom stereocenters. The molecule has 1 atom stereocenters. The predicted octanol–water partition coefficient (Wildman–Crippen LogP) is 1.24. The summed E-state index contributed by atoms with van der Waals surface area (Å²) >= 11 is 0. The van der Waals surface area contributed by atoms with E-state index in [2.05, 4.69) is 4.74 Å². The van der Waals surface area contributed by atoms with Crippen molar-refractivity contribution in [3.05, 3.63) is 29.8 Å². The van der Waals surface area contributed by atoms with Crippen LogP contribution in [0.4, 0.5) is 10.5 Å². The number of carbonyl (C=O) groups excluding carboxylic acids is 4. The van der Waals surface area contributed by atoms with Gasteiger partial charge in [0.05, 0.1) is 12.7 Å². The number of esters is 1. The lowest BCUT2D eigenvalue weighted by molar-refractivity contribution is -0.128. The highest BCUT2D eigenvalue weighted by molar-refractivity contribution is 5.99. The summed E-state index contributed by atoms with van der Waals surface area (Å²) < 4.78 is 9.32. The van der Waals surface area contributed by atoms with Crippen LogP contribution >= 0.6 is 0 Å². The Bertz CT molecular complexity index is 672. The fraction of sp³-hybridized carbons (Fsp3) is 0.375. The van der Waals surface area contributed by atoms with Gasteiger partial charge < -0.3 is 14.4 Å². The van der Waals surface area contributed by atoms with Crippen molar-refractivity contribution in [1.82, 2.24) is 5.32 Å². The van der Waals surface area contributed by atoms with E-state index < -0.39 is 24.1 Å². The number of alkyl carbamates (subject to hydrolysis) is 1. The summed E-state index contributed by atoms with van der Waals surface area (Å²) in [5.74, 6) is -1.51. The topological polar surface area (TPSA) is 102 Å². The SMILES string of the molecule is COC(=O)NC(=O)[C@H](C)OC(=O)c1cccc(N2CCCC2=O)c1. The maximum atomic E-state index is 12.1. The summed E-state index contributed by atoms with van der Waals surface area (Å²) in [5.41, 5.74) is 0.823. The van der Waals surface area contributed by atoms with Crippen molar-refractivity contribution in [2.45, 2.75) is 25.9 Å². The first-order valence-corrected chi connectivity index (χ1v) is 7.42. The van der Waals surface area contributed by atoms with Crippen LogP contribution in [0.3, 0.4) is 0 Å². The van der Waals surface area contributed by atoms with Gasteiger partial charge in [0, 0.05) is 18.7 Å². The van der Waals surface area contributed by atoms with Crippen molar-refractivity contribution in [2.24, 2.45) is 0 Å². The van der Waals surface area contributed by atoms with E-state index in [0.717, 1.165) is 13.5 Å². The molecule has 0 saturated carbocycles. The Labute approximate surface area is 138 Å². The number of nitrogens with one attached hydrogen (secondary N) is 1. The van der Waals surface area contributed by atoms with Crippen molar-refractivity contribution in [3.8, 4) is 0 Å². The Morgan fingerprint density at radius 1 is 1.29 bits per heavy atom.